The van der Waals surface area contributed by atoms with Gasteiger partial charge in [-0.15, -0.1) is 0 Å². The van der Waals surface area contributed by atoms with E-state index in [-0.39, 0.29) is 6.61 Å². The van der Waals surface area contributed by atoms with Crippen molar-refractivity contribution in [3.8, 4) is 34.3 Å². The van der Waals surface area contributed by atoms with E-state index in [4.69, 9.17) is 9.47 Å². The lowest BCUT2D eigenvalue weighted by atomic mass is 10.2. The summed E-state index contributed by atoms with van der Waals surface area (Å²) in [5, 5.41) is 12.7. The Kier molecular flexibility index (Phi) is 7.87. The Bertz CT molecular complexity index is 1310. The molecule has 37 heavy (non-hydrogen) atoms. The topological polar surface area (TPSA) is 121 Å². The largest absolute Gasteiger partial charge is 0.495 e. The van der Waals surface area contributed by atoms with Crippen LogP contribution in [0.4, 0.5) is 11.6 Å². The number of hydrogen-bond acceptors (Lipinski definition) is 9. The molecule has 1 saturated heterocycles. The number of rotatable bonds is 11. The van der Waals surface area contributed by atoms with E-state index >= 15 is 0 Å². The Labute approximate surface area is 215 Å². The molecule has 3 N–H and O–H groups in total. The number of likely N-dealkylation sites (tertiary alicyclic amines) is 1. The van der Waals surface area contributed by atoms with Gasteiger partial charge in [0.25, 0.3) is 0 Å². The minimum Gasteiger partial charge on any atom is -0.495 e. The summed E-state index contributed by atoms with van der Waals surface area (Å²) in [7, 11) is 1.61. The molecule has 10 heteroatoms. The number of H-pyrrole nitrogens is 1. The van der Waals surface area contributed by atoms with Gasteiger partial charge in [-0.3, -0.25) is 9.88 Å². The first kappa shape index (κ1) is 24.7. The Morgan fingerprint density at radius 3 is 2.97 bits per heavy atom. The third-order valence-electron chi connectivity index (χ3n) is 6.39. The first-order chi connectivity index (χ1) is 18.2. The number of imidazole rings is 1. The maximum absolute atomic E-state index is 9.47. The number of aromatic amines is 1. The summed E-state index contributed by atoms with van der Waals surface area (Å²) in [6, 6.07) is 11.8. The highest BCUT2D eigenvalue weighted by Crippen LogP contribution is 2.25. The van der Waals surface area contributed by atoms with Crippen molar-refractivity contribution in [3.63, 3.8) is 0 Å². The van der Waals surface area contributed by atoms with E-state index in [9.17, 15) is 5.11 Å². The summed E-state index contributed by atoms with van der Waals surface area (Å²) in [6.45, 7) is 2.85. The van der Waals surface area contributed by atoms with Gasteiger partial charge in [0.2, 0.25) is 5.95 Å². The molecular weight excluding hydrogens is 470 g/mol. The van der Waals surface area contributed by atoms with Gasteiger partial charge in [0, 0.05) is 42.3 Å². The molecule has 10 nitrogen and oxygen atoms in total. The molecule has 1 aromatic carbocycles. The molecular formula is C27H31N7O3. The van der Waals surface area contributed by atoms with Crippen molar-refractivity contribution in [2.75, 3.05) is 38.7 Å². The van der Waals surface area contributed by atoms with Gasteiger partial charge in [-0.05, 0) is 50.1 Å². The third-order valence-corrected chi connectivity index (χ3v) is 6.39. The van der Waals surface area contributed by atoms with Crippen LogP contribution < -0.4 is 14.8 Å². The normalized spacial score (nSPS) is 15.6. The number of nitrogens with one attached hydrogen (secondary N) is 2. The van der Waals surface area contributed by atoms with Crippen LogP contribution >= 0.6 is 0 Å². The lowest BCUT2D eigenvalue weighted by molar-refractivity contribution is 0.150. The molecule has 1 atom stereocenters. The summed E-state index contributed by atoms with van der Waals surface area (Å²) in [6.07, 6.45) is 9.97. The minimum absolute atomic E-state index is 0.235. The van der Waals surface area contributed by atoms with Crippen molar-refractivity contribution >= 4 is 11.6 Å². The molecule has 1 fully saturated rings. The van der Waals surface area contributed by atoms with Crippen LogP contribution in [-0.2, 0) is 0 Å². The predicted molar refractivity (Wildman–Crippen MR) is 141 cm³/mol. The number of hydrogen-bond donors (Lipinski definition) is 3. The Balaban J connectivity index is 1.19. The highest BCUT2D eigenvalue weighted by atomic mass is 16.5. The van der Waals surface area contributed by atoms with Gasteiger partial charge < -0.3 is 24.9 Å². The molecule has 0 bridgehead atoms. The number of anilines is 2. The Morgan fingerprint density at radius 1 is 1.14 bits per heavy atom. The second-order valence-electron chi connectivity index (χ2n) is 8.89. The summed E-state index contributed by atoms with van der Waals surface area (Å²) in [5.74, 6) is 2.59. The van der Waals surface area contributed by atoms with E-state index in [0.29, 0.717) is 35.9 Å². The van der Waals surface area contributed by atoms with Gasteiger partial charge in [0.1, 0.15) is 17.3 Å². The highest BCUT2D eigenvalue weighted by Gasteiger charge is 2.22. The van der Waals surface area contributed by atoms with Crippen LogP contribution in [0.2, 0.25) is 0 Å². The second-order valence-corrected chi connectivity index (χ2v) is 8.89. The van der Waals surface area contributed by atoms with Crippen molar-refractivity contribution in [2.45, 2.75) is 25.3 Å². The van der Waals surface area contributed by atoms with Gasteiger partial charge in [-0.2, -0.15) is 0 Å². The van der Waals surface area contributed by atoms with Crippen molar-refractivity contribution in [1.82, 2.24) is 29.8 Å². The maximum atomic E-state index is 9.47. The molecule has 0 aliphatic carbocycles. The fourth-order valence-electron chi connectivity index (χ4n) is 4.47. The summed E-state index contributed by atoms with van der Waals surface area (Å²) >= 11 is 0. The summed E-state index contributed by atoms with van der Waals surface area (Å²) in [5.41, 5.74) is 3.13. The average molecular weight is 502 g/mol. The van der Waals surface area contributed by atoms with Crippen LogP contribution in [0.1, 0.15) is 19.3 Å². The molecule has 0 amide bonds. The van der Waals surface area contributed by atoms with Crippen molar-refractivity contribution in [1.29, 1.82) is 0 Å². The molecule has 4 heterocycles. The number of aliphatic hydroxyl groups excluding tert-OH is 1. The fourth-order valence-corrected chi connectivity index (χ4v) is 4.47. The molecule has 1 aliphatic heterocycles. The summed E-state index contributed by atoms with van der Waals surface area (Å²) in [4.78, 5) is 23.3. The van der Waals surface area contributed by atoms with Crippen molar-refractivity contribution in [3.05, 3.63) is 61.2 Å². The van der Waals surface area contributed by atoms with Crippen LogP contribution in [0.5, 0.6) is 11.5 Å². The van der Waals surface area contributed by atoms with Crippen molar-refractivity contribution < 1.29 is 14.6 Å². The van der Waals surface area contributed by atoms with E-state index in [1.165, 1.54) is 0 Å². The zero-order valence-corrected chi connectivity index (χ0v) is 20.8. The Morgan fingerprint density at radius 2 is 2.08 bits per heavy atom. The fraction of sp³-hybridized carbons (Fsp3) is 0.333. The van der Waals surface area contributed by atoms with E-state index in [2.05, 4.69) is 35.1 Å². The number of aliphatic hydroxyl groups is 1. The summed E-state index contributed by atoms with van der Waals surface area (Å²) < 4.78 is 11.2. The van der Waals surface area contributed by atoms with Gasteiger partial charge in [0.15, 0.2) is 0 Å². The quantitative estimate of drug-likeness (QED) is 0.263. The second kappa shape index (κ2) is 11.8. The molecule has 4 aromatic rings. The number of benzene rings is 1. The molecule has 0 unspecified atom stereocenters. The SMILES string of the molecule is COc1cncc(-c2ncc(-c3ccnc(Nc4cccc(OCCCN5CCC[C@H]5CO)c4)n3)[nH]2)c1. The van der Waals surface area contributed by atoms with E-state index in [0.717, 1.165) is 55.0 Å². The van der Waals surface area contributed by atoms with Gasteiger partial charge in [-0.25, -0.2) is 15.0 Å². The number of nitrogens with zero attached hydrogens (tertiary/aromatic N) is 5. The highest BCUT2D eigenvalue weighted by molar-refractivity contribution is 5.64. The van der Waals surface area contributed by atoms with E-state index < -0.39 is 0 Å². The molecule has 192 valence electrons. The number of pyridine rings is 1. The molecule has 5 rings (SSSR count). The number of methoxy groups -OCH3 is 1. The van der Waals surface area contributed by atoms with Crippen LogP contribution in [0.25, 0.3) is 22.8 Å². The first-order valence-corrected chi connectivity index (χ1v) is 12.4. The molecule has 0 saturated carbocycles. The number of ether oxygens (including phenoxy) is 2. The van der Waals surface area contributed by atoms with E-state index in [1.54, 1.807) is 31.9 Å². The average Bonchev–Trinajstić information content (AvgIpc) is 3.62. The van der Waals surface area contributed by atoms with Crippen LogP contribution in [0.3, 0.4) is 0 Å². The third kappa shape index (κ3) is 6.22. The first-order valence-electron chi connectivity index (χ1n) is 12.4. The monoisotopic (exact) mass is 501 g/mol. The zero-order chi connectivity index (χ0) is 25.5. The molecule has 0 spiro atoms. The maximum Gasteiger partial charge on any atom is 0.227 e. The molecule has 3 aromatic heterocycles. The molecule has 1 aliphatic rings. The van der Waals surface area contributed by atoms with Gasteiger partial charge in [-0.1, -0.05) is 6.07 Å². The predicted octanol–water partition coefficient (Wildman–Crippen LogP) is 3.91. The van der Waals surface area contributed by atoms with Crippen LogP contribution in [-0.4, -0.2) is 74.4 Å². The lowest BCUT2D eigenvalue weighted by Crippen LogP contribution is -2.33. The lowest BCUT2D eigenvalue weighted by Gasteiger charge is -2.22. The standard InChI is InChI=1S/C27H31N7O3/c1-36-23-13-19(15-28-16-23)26-30-17-25(32-26)24-8-9-29-27(33-24)31-20-5-2-7-22(14-20)37-12-4-11-34-10-3-6-21(34)18-35/h2,5,7-9,13-17,21,35H,3-4,6,10-12,18H2,1H3,(H,30,32)(H,29,31,33)/t21-/m0/s1. The number of aromatic nitrogens is 5. The zero-order valence-electron chi connectivity index (χ0n) is 20.8. The van der Waals surface area contributed by atoms with Crippen LogP contribution in [0, 0.1) is 0 Å². The van der Waals surface area contributed by atoms with Crippen LogP contribution in [0.15, 0.2) is 61.2 Å². The molecule has 0 radical (unpaired) electrons. The van der Waals surface area contributed by atoms with Crippen molar-refractivity contribution in [2.24, 2.45) is 0 Å². The van der Waals surface area contributed by atoms with E-state index in [1.807, 2.05) is 36.4 Å². The van der Waals surface area contributed by atoms with Gasteiger partial charge in [0.05, 0.1) is 44.1 Å². The minimum atomic E-state index is 0.235. The Hall–Kier alpha value is -4.02. The van der Waals surface area contributed by atoms with Gasteiger partial charge >= 0.3 is 0 Å². The smallest absolute Gasteiger partial charge is 0.227 e.